The fourth-order valence-electron chi connectivity index (χ4n) is 4.69. The van der Waals surface area contributed by atoms with Crippen LogP contribution in [-0.2, 0) is 10.3 Å². The van der Waals surface area contributed by atoms with Crippen molar-refractivity contribution in [3.8, 4) is 5.75 Å². The first kappa shape index (κ1) is 22.4. The molecule has 34 heavy (non-hydrogen) atoms. The second kappa shape index (κ2) is 9.44. The predicted octanol–water partition coefficient (Wildman–Crippen LogP) is 3.26. The van der Waals surface area contributed by atoms with Crippen LogP contribution in [0.15, 0.2) is 72.8 Å². The van der Waals surface area contributed by atoms with Crippen molar-refractivity contribution < 1.29 is 14.3 Å². The number of nitrogens with one attached hydrogen (secondary N) is 1. The molecule has 1 unspecified atom stereocenters. The van der Waals surface area contributed by atoms with E-state index in [1.807, 2.05) is 72.8 Å². The standard InChI is InChI=1S/C27H30N4O3/c1-27(23-12-11-21-7-5-6-8-22(21)19-23)25(32)31(26(33)28-27)20-30-15-13-29(14-16-30)17-18-34-24-9-3-2-4-10-24/h2-12,19H,13-18,20H2,1H3,(H,28,33). The smallest absolute Gasteiger partial charge is 0.326 e. The van der Waals surface area contributed by atoms with E-state index in [1.165, 1.54) is 4.90 Å². The highest BCUT2D eigenvalue weighted by Crippen LogP contribution is 2.31. The lowest BCUT2D eigenvalue weighted by atomic mass is 9.90. The van der Waals surface area contributed by atoms with Crippen molar-refractivity contribution in [2.75, 3.05) is 46.0 Å². The average molecular weight is 459 g/mol. The summed E-state index contributed by atoms with van der Waals surface area (Å²) >= 11 is 0. The molecule has 2 aliphatic heterocycles. The van der Waals surface area contributed by atoms with E-state index in [-0.39, 0.29) is 11.9 Å². The van der Waals surface area contributed by atoms with Gasteiger partial charge in [-0.1, -0.05) is 54.6 Å². The lowest BCUT2D eigenvalue weighted by Gasteiger charge is -2.36. The molecule has 7 heteroatoms. The Hall–Kier alpha value is -3.42. The largest absolute Gasteiger partial charge is 0.492 e. The highest BCUT2D eigenvalue weighted by Gasteiger charge is 2.49. The van der Waals surface area contributed by atoms with Crippen LogP contribution in [0, 0.1) is 0 Å². The third kappa shape index (κ3) is 4.49. The highest BCUT2D eigenvalue weighted by molar-refractivity contribution is 6.07. The van der Waals surface area contributed by atoms with E-state index >= 15 is 0 Å². The maximum atomic E-state index is 13.4. The molecule has 1 atom stereocenters. The summed E-state index contributed by atoms with van der Waals surface area (Å²) in [5.41, 5.74) is -0.257. The number of rotatable bonds is 7. The van der Waals surface area contributed by atoms with Crippen LogP contribution in [0.2, 0.25) is 0 Å². The van der Waals surface area contributed by atoms with Gasteiger partial charge >= 0.3 is 6.03 Å². The van der Waals surface area contributed by atoms with Gasteiger partial charge in [0, 0.05) is 32.7 Å². The van der Waals surface area contributed by atoms with E-state index in [4.69, 9.17) is 4.74 Å². The van der Waals surface area contributed by atoms with Crippen LogP contribution in [0.4, 0.5) is 4.79 Å². The van der Waals surface area contributed by atoms with Gasteiger partial charge in [-0.2, -0.15) is 0 Å². The van der Waals surface area contributed by atoms with Crippen molar-refractivity contribution in [3.05, 3.63) is 78.4 Å². The number of urea groups is 1. The summed E-state index contributed by atoms with van der Waals surface area (Å²) < 4.78 is 5.80. The van der Waals surface area contributed by atoms with Crippen molar-refractivity contribution in [2.24, 2.45) is 0 Å². The Bertz CT molecular complexity index is 1180. The van der Waals surface area contributed by atoms with Gasteiger partial charge in [-0.3, -0.25) is 14.6 Å². The maximum Gasteiger partial charge on any atom is 0.326 e. The Morgan fingerprint density at radius 2 is 1.53 bits per heavy atom. The van der Waals surface area contributed by atoms with Gasteiger partial charge < -0.3 is 10.1 Å². The molecule has 2 saturated heterocycles. The lowest BCUT2D eigenvalue weighted by molar-refractivity contribution is -0.132. The topological polar surface area (TPSA) is 65.1 Å². The number of amides is 3. The number of piperazine rings is 1. The number of para-hydroxylation sites is 1. The minimum atomic E-state index is -1.06. The molecule has 3 amide bonds. The Morgan fingerprint density at radius 1 is 0.853 bits per heavy atom. The minimum absolute atomic E-state index is 0.202. The summed E-state index contributed by atoms with van der Waals surface area (Å²) in [6, 6.07) is 23.4. The fourth-order valence-corrected chi connectivity index (χ4v) is 4.69. The number of benzene rings is 3. The summed E-state index contributed by atoms with van der Waals surface area (Å²) in [4.78, 5) is 32.0. The Labute approximate surface area is 199 Å². The third-order valence-corrected chi connectivity index (χ3v) is 6.83. The van der Waals surface area contributed by atoms with Gasteiger partial charge in [0.05, 0.1) is 6.67 Å². The number of ether oxygens (including phenoxy) is 1. The van der Waals surface area contributed by atoms with Crippen LogP contribution in [0.5, 0.6) is 5.75 Å². The van der Waals surface area contributed by atoms with Crippen molar-refractivity contribution in [2.45, 2.75) is 12.5 Å². The number of fused-ring (bicyclic) bond motifs is 1. The molecule has 0 aliphatic carbocycles. The van der Waals surface area contributed by atoms with Crippen LogP contribution in [0.1, 0.15) is 12.5 Å². The van der Waals surface area contributed by atoms with Crippen molar-refractivity contribution >= 4 is 22.7 Å². The second-order valence-electron chi connectivity index (χ2n) is 9.11. The Balaban J connectivity index is 1.16. The zero-order valence-electron chi connectivity index (χ0n) is 19.4. The van der Waals surface area contributed by atoms with Gasteiger partial charge in [-0.15, -0.1) is 0 Å². The molecule has 2 fully saturated rings. The van der Waals surface area contributed by atoms with E-state index in [2.05, 4.69) is 15.1 Å². The van der Waals surface area contributed by atoms with E-state index in [0.29, 0.717) is 13.3 Å². The predicted molar refractivity (Wildman–Crippen MR) is 131 cm³/mol. The first-order chi connectivity index (χ1) is 16.5. The molecule has 2 aliphatic rings. The summed E-state index contributed by atoms with van der Waals surface area (Å²) in [5.74, 6) is 0.681. The van der Waals surface area contributed by atoms with E-state index < -0.39 is 5.54 Å². The molecule has 5 rings (SSSR count). The first-order valence-corrected chi connectivity index (χ1v) is 11.8. The molecule has 0 aromatic heterocycles. The molecule has 0 spiro atoms. The van der Waals surface area contributed by atoms with Gasteiger partial charge in [0.15, 0.2) is 0 Å². The fraction of sp³-hybridized carbons (Fsp3) is 0.333. The summed E-state index contributed by atoms with van der Waals surface area (Å²) in [6.07, 6.45) is 0. The van der Waals surface area contributed by atoms with Gasteiger partial charge in [-0.25, -0.2) is 9.69 Å². The van der Waals surface area contributed by atoms with E-state index in [1.54, 1.807) is 6.92 Å². The minimum Gasteiger partial charge on any atom is -0.492 e. The second-order valence-corrected chi connectivity index (χ2v) is 9.11. The summed E-state index contributed by atoms with van der Waals surface area (Å²) in [7, 11) is 0. The Kier molecular flexibility index (Phi) is 6.22. The SMILES string of the molecule is CC1(c2ccc3ccccc3c2)NC(=O)N(CN2CCN(CCOc3ccccc3)CC2)C1=O. The zero-order valence-corrected chi connectivity index (χ0v) is 19.4. The third-order valence-electron chi connectivity index (χ3n) is 6.83. The van der Waals surface area contributed by atoms with Gasteiger partial charge in [0.2, 0.25) is 0 Å². The lowest BCUT2D eigenvalue weighted by Crippen LogP contribution is -2.52. The average Bonchev–Trinajstić information content (AvgIpc) is 3.09. The molecular weight excluding hydrogens is 428 g/mol. The van der Waals surface area contributed by atoms with E-state index in [9.17, 15) is 9.59 Å². The summed E-state index contributed by atoms with van der Waals surface area (Å²) in [6.45, 7) is 6.95. The molecule has 0 radical (unpaired) electrons. The molecule has 2 heterocycles. The van der Waals surface area contributed by atoms with Crippen molar-refractivity contribution in [1.29, 1.82) is 0 Å². The quantitative estimate of drug-likeness (QED) is 0.551. The monoisotopic (exact) mass is 458 g/mol. The zero-order chi connectivity index (χ0) is 23.5. The van der Waals surface area contributed by atoms with Crippen LogP contribution in [-0.4, -0.2) is 72.6 Å². The van der Waals surface area contributed by atoms with Crippen LogP contribution >= 0.6 is 0 Å². The molecule has 7 nitrogen and oxygen atoms in total. The van der Waals surface area contributed by atoms with Crippen LogP contribution in [0.25, 0.3) is 10.8 Å². The number of carbonyl (C=O) groups is 2. The number of hydrogen-bond donors (Lipinski definition) is 1. The van der Waals surface area contributed by atoms with Gasteiger partial charge in [0.25, 0.3) is 5.91 Å². The van der Waals surface area contributed by atoms with Crippen LogP contribution < -0.4 is 10.1 Å². The Morgan fingerprint density at radius 3 is 2.29 bits per heavy atom. The molecule has 3 aromatic carbocycles. The normalized spacial score (nSPS) is 21.7. The maximum absolute atomic E-state index is 13.4. The molecule has 176 valence electrons. The first-order valence-electron chi connectivity index (χ1n) is 11.8. The van der Waals surface area contributed by atoms with Gasteiger partial charge in [0.1, 0.15) is 17.9 Å². The van der Waals surface area contributed by atoms with Crippen molar-refractivity contribution in [3.63, 3.8) is 0 Å². The summed E-state index contributed by atoms with van der Waals surface area (Å²) in [5, 5.41) is 5.09. The van der Waals surface area contributed by atoms with E-state index in [0.717, 1.165) is 54.8 Å². The molecule has 0 saturated carbocycles. The molecular formula is C27H30N4O3. The van der Waals surface area contributed by atoms with Crippen molar-refractivity contribution in [1.82, 2.24) is 20.0 Å². The number of carbonyl (C=O) groups excluding carboxylic acids is 2. The van der Waals surface area contributed by atoms with Gasteiger partial charge in [-0.05, 0) is 41.5 Å². The van der Waals surface area contributed by atoms with Crippen LogP contribution in [0.3, 0.4) is 0 Å². The molecule has 1 N–H and O–H groups in total. The number of nitrogens with zero attached hydrogens (tertiary/aromatic N) is 3. The molecule has 3 aromatic rings. The molecule has 0 bridgehead atoms. The highest BCUT2D eigenvalue weighted by atomic mass is 16.5. The number of hydrogen-bond acceptors (Lipinski definition) is 5. The number of imide groups is 1.